The zero-order valence-electron chi connectivity index (χ0n) is 18.8. The fraction of sp³-hybridized carbons (Fsp3) is 0.636. The number of rotatable bonds is 8. The standard InChI is InChI=1S/C22H38N4O2/c1-9-12-26(20(27)14-22(4,5)6)15-17-13-18(10-11-19(17)25(7)8)24-21(28)23-16(2)3/h10-11,13,16H,9,12,14-15H2,1-8H3,(H2,23,24,28). The Morgan fingerprint density at radius 3 is 2.29 bits per heavy atom. The second-order valence-corrected chi connectivity index (χ2v) is 9.04. The molecule has 2 N–H and O–H groups in total. The van der Waals surface area contributed by atoms with Crippen molar-refractivity contribution >= 4 is 23.3 Å². The Labute approximate surface area is 170 Å². The normalized spacial score (nSPS) is 11.3. The third kappa shape index (κ3) is 8.19. The van der Waals surface area contributed by atoms with Gasteiger partial charge in [-0.2, -0.15) is 0 Å². The average Bonchev–Trinajstić information content (AvgIpc) is 2.51. The molecule has 0 atom stereocenters. The maximum Gasteiger partial charge on any atom is 0.319 e. The predicted molar refractivity (Wildman–Crippen MR) is 118 cm³/mol. The summed E-state index contributed by atoms with van der Waals surface area (Å²) in [5.41, 5.74) is 2.73. The summed E-state index contributed by atoms with van der Waals surface area (Å²) < 4.78 is 0. The van der Waals surface area contributed by atoms with Gasteiger partial charge in [0.1, 0.15) is 0 Å². The van der Waals surface area contributed by atoms with E-state index in [-0.39, 0.29) is 23.4 Å². The minimum absolute atomic E-state index is 0.0498. The number of urea groups is 1. The molecular weight excluding hydrogens is 352 g/mol. The van der Waals surface area contributed by atoms with E-state index in [4.69, 9.17) is 0 Å². The average molecular weight is 391 g/mol. The number of nitrogens with one attached hydrogen (secondary N) is 2. The number of hydrogen-bond donors (Lipinski definition) is 2. The molecule has 0 radical (unpaired) electrons. The van der Waals surface area contributed by atoms with E-state index >= 15 is 0 Å². The fourth-order valence-corrected chi connectivity index (χ4v) is 2.99. The van der Waals surface area contributed by atoms with Crippen LogP contribution in [0.5, 0.6) is 0 Å². The Kier molecular flexibility index (Phi) is 8.79. The largest absolute Gasteiger partial charge is 0.377 e. The van der Waals surface area contributed by atoms with Crippen molar-refractivity contribution in [2.75, 3.05) is 30.9 Å². The van der Waals surface area contributed by atoms with Crippen LogP contribution in [0.4, 0.5) is 16.2 Å². The van der Waals surface area contributed by atoms with Gasteiger partial charge in [-0.1, -0.05) is 27.7 Å². The van der Waals surface area contributed by atoms with E-state index in [1.807, 2.05) is 55.9 Å². The zero-order valence-corrected chi connectivity index (χ0v) is 18.8. The minimum Gasteiger partial charge on any atom is -0.377 e. The molecule has 28 heavy (non-hydrogen) atoms. The van der Waals surface area contributed by atoms with Gasteiger partial charge in [-0.25, -0.2) is 4.79 Å². The highest BCUT2D eigenvalue weighted by Gasteiger charge is 2.22. The molecule has 158 valence electrons. The van der Waals surface area contributed by atoms with E-state index in [0.29, 0.717) is 19.5 Å². The van der Waals surface area contributed by atoms with Gasteiger partial charge in [0.05, 0.1) is 0 Å². The van der Waals surface area contributed by atoms with E-state index in [2.05, 4.69) is 38.3 Å². The smallest absolute Gasteiger partial charge is 0.319 e. The monoisotopic (exact) mass is 390 g/mol. The van der Waals surface area contributed by atoms with Crippen molar-refractivity contribution in [3.8, 4) is 0 Å². The summed E-state index contributed by atoms with van der Waals surface area (Å²) in [5, 5.41) is 5.71. The summed E-state index contributed by atoms with van der Waals surface area (Å²) in [6.45, 7) is 13.4. The number of benzene rings is 1. The van der Waals surface area contributed by atoms with Gasteiger partial charge in [0.2, 0.25) is 5.91 Å². The summed E-state index contributed by atoms with van der Waals surface area (Å²) in [4.78, 5) is 28.9. The molecule has 0 saturated carbocycles. The van der Waals surface area contributed by atoms with E-state index in [0.717, 1.165) is 23.4 Å². The van der Waals surface area contributed by atoms with Crippen molar-refractivity contribution < 1.29 is 9.59 Å². The Hall–Kier alpha value is -2.24. The molecule has 0 aliphatic heterocycles. The van der Waals surface area contributed by atoms with Crippen molar-refractivity contribution in [2.45, 2.75) is 67.0 Å². The number of hydrogen-bond acceptors (Lipinski definition) is 3. The van der Waals surface area contributed by atoms with E-state index in [1.54, 1.807) is 0 Å². The second-order valence-electron chi connectivity index (χ2n) is 9.04. The lowest BCUT2D eigenvalue weighted by Crippen LogP contribution is -2.35. The van der Waals surface area contributed by atoms with E-state index < -0.39 is 0 Å². The molecular formula is C22H38N4O2. The molecule has 0 unspecified atom stereocenters. The van der Waals surface area contributed by atoms with Crippen LogP contribution in [0.2, 0.25) is 0 Å². The lowest BCUT2D eigenvalue weighted by Gasteiger charge is -2.28. The van der Waals surface area contributed by atoms with Gasteiger partial charge in [-0.3, -0.25) is 4.79 Å². The number of nitrogens with zero attached hydrogens (tertiary/aromatic N) is 2. The molecule has 0 aromatic heterocycles. The van der Waals surface area contributed by atoms with Crippen LogP contribution in [0.3, 0.4) is 0 Å². The summed E-state index contributed by atoms with van der Waals surface area (Å²) in [5.74, 6) is 0.162. The van der Waals surface area contributed by atoms with Gasteiger partial charge >= 0.3 is 6.03 Å². The van der Waals surface area contributed by atoms with Gasteiger partial charge in [0.15, 0.2) is 0 Å². The van der Waals surface area contributed by atoms with Crippen molar-refractivity contribution in [3.05, 3.63) is 23.8 Å². The highest BCUT2D eigenvalue weighted by molar-refractivity contribution is 5.90. The van der Waals surface area contributed by atoms with Crippen LogP contribution in [-0.2, 0) is 11.3 Å². The van der Waals surface area contributed by atoms with Gasteiger partial charge in [0, 0.05) is 51.0 Å². The molecule has 3 amide bonds. The van der Waals surface area contributed by atoms with E-state index in [1.165, 1.54) is 0 Å². The minimum atomic E-state index is -0.229. The van der Waals surface area contributed by atoms with Gasteiger partial charge in [-0.05, 0) is 49.4 Å². The van der Waals surface area contributed by atoms with Crippen molar-refractivity contribution in [2.24, 2.45) is 5.41 Å². The molecule has 0 aliphatic carbocycles. The molecule has 6 heteroatoms. The summed E-state index contributed by atoms with van der Waals surface area (Å²) in [6, 6.07) is 5.67. The zero-order chi connectivity index (χ0) is 21.5. The topological polar surface area (TPSA) is 64.7 Å². The first-order valence-electron chi connectivity index (χ1n) is 10.1. The molecule has 0 fully saturated rings. The van der Waals surface area contributed by atoms with Crippen LogP contribution in [0.1, 0.15) is 59.9 Å². The number of anilines is 2. The van der Waals surface area contributed by atoms with Crippen LogP contribution in [0.15, 0.2) is 18.2 Å². The predicted octanol–water partition coefficient (Wildman–Crippen LogP) is 4.46. The summed E-state index contributed by atoms with van der Waals surface area (Å²) in [6.07, 6.45) is 1.42. The molecule has 0 aliphatic rings. The van der Waals surface area contributed by atoms with Crippen LogP contribution >= 0.6 is 0 Å². The molecule has 0 saturated heterocycles. The number of carbonyl (C=O) groups excluding carboxylic acids is 2. The molecule has 1 aromatic rings. The Balaban J connectivity index is 3.10. The van der Waals surface area contributed by atoms with Crippen molar-refractivity contribution in [1.82, 2.24) is 10.2 Å². The first kappa shape index (κ1) is 23.8. The van der Waals surface area contributed by atoms with Crippen molar-refractivity contribution in [1.29, 1.82) is 0 Å². The Morgan fingerprint density at radius 2 is 1.79 bits per heavy atom. The molecule has 1 aromatic carbocycles. The third-order valence-corrected chi connectivity index (χ3v) is 4.13. The van der Waals surface area contributed by atoms with Crippen LogP contribution < -0.4 is 15.5 Å². The highest BCUT2D eigenvalue weighted by Crippen LogP contribution is 2.26. The number of carbonyl (C=O) groups is 2. The molecule has 6 nitrogen and oxygen atoms in total. The molecule has 0 heterocycles. The molecule has 1 rings (SSSR count). The lowest BCUT2D eigenvalue weighted by molar-refractivity contribution is -0.133. The Morgan fingerprint density at radius 1 is 1.14 bits per heavy atom. The summed E-state index contributed by atoms with van der Waals surface area (Å²) >= 11 is 0. The van der Waals surface area contributed by atoms with E-state index in [9.17, 15) is 9.59 Å². The number of amides is 3. The first-order valence-corrected chi connectivity index (χ1v) is 10.1. The van der Waals surface area contributed by atoms with Gasteiger partial charge in [-0.15, -0.1) is 0 Å². The third-order valence-electron chi connectivity index (χ3n) is 4.13. The fourth-order valence-electron chi connectivity index (χ4n) is 2.99. The Bertz CT molecular complexity index is 663. The quantitative estimate of drug-likeness (QED) is 0.689. The van der Waals surface area contributed by atoms with Crippen LogP contribution in [-0.4, -0.2) is 43.5 Å². The van der Waals surface area contributed by atoms with Crippen molar-refractivity contribution in [3.63, 3.8) is 0 Å². The SMILES string of the molecule is CCCN(Cc1cc(NC(=O)NC(C)C)ccc1N(C)C)C(=O)CC(C)(C)C. The maximum atomic E-state index is 12.9. The second kappa shape index (κ2) is 10.3. The van der Waals surface area contributed by atoms with Crippen LogP contribution in [0.25, 0.3) is 0 Å². The maximum absolute atomic E-state index is 12.9. The summed E-state index contributed by atoms with van der Waals surface area (Å²) in [7, 11) is 3.97. The van der Waals surface area contributed by atoms with Gasteiger partial charge < -0.3 is 20.4 Å². The highest BCUT2D eigenvalue weighted by atomic mass is 16.2. The van der Waals surface area contributed by atoms with Gasteiger partial charge in [0.25, 0.3) is 0 Å². The molecule has 0 bridgehead atoms. The molecule has 0 spiro atoms. The van der Waals surface area contributed by atoms with Crippen LogP contribution in [0, 0.1) is 5.41 Å². The first-order chi connectivity index (χ1) is 12.9. The lowest BCUT2D eigenvalue weighted by atomic mass is 9.91.